The van der Waals surface area contributed by atoms with Gasteiger partial charge in [-0.25, -0.2) is 13.8 Å². The summed E-state index contributed by atoms with van der Waals surface area (Å²) in [5.41, 5.74) is 0.498. The summed E-state index contributed by atoms with van der Waals surface area (Å²) < 4.78 is 43.9. The second-order valence-corrected chi connectivity index (χ2v) is 5.38. The third-order valence-corrected chi connectivity index (χ3v) is 3.85. The minimum Gasteiger partial charge on any atom is -0.478 e. The van der Waals surface area contributed by atoms with Gasteiger partial charge in [-0.2, -0.15) is 0 Å². The van der Waals surface area contributed by atoms with Crippen molar-refractivity contribution < 1.29 is 17.7 Å². The van der Waals surface area contributed by atoms with Gasteiger partial charge in [0.2, 0.25) is 5.88 Å². The van der Waals surface area contributed by atoms with Crippen molar-refractivity contribution in [1.29, 1.82) is 0 Å². The second-order valence-electron chi connectivity index (χ2n) is 3.96. The van der Waals surface area contributed by atoms with Crippen LogP contribution in [0, 0.1) is 11.6 Å². The normalized spacial score (nSPS) is 12.2. The maximum absolute atomic E-state index is 13.5. The van der Waals surface area contributed by atoms with E-state index in [1.54, 1.807) is 18.2 Å². The number of benzene rings is 1. The predicted molar refractivity (Wildman–Crippen MR) is 71.9 cm³/mol. The molecule has 0 fully saturated rings. The van der Waals surface area contributed by atoms with E-state index in [0.717, 1.165) is 18.2 Å². The lowest BCUT2D eigenvalue weighted by Gasteiger charge is -2.06. The lowest BCUT2D eigenvalue weighted by Crippen LogP contribution is -2.03. The maximum Gasteiger partial charge on any atom is 0.213 e. The lowest BCUT2D eigenvalue weighted by atomic mass is 10.3. The van der Waals surface area contributed by atoms with Gasteiger partial charge in [0.05, 0.1) is 33.7 Å². The molecule has 0 bridgehead atoms. The number of ether oxygens (including phenoxy) is 1. The molecule has 106 valence electrons. The van der Waals surface area contributed by atoms with E-state index < -0.39 is 22.4 Å². The second kappa shape index (κ2) is 6.56. The van der Waals surface area contributed by atoms with Crippen LogP contribution in [-0.4, -0.2) is 15.8 Å². The van der Waals surface area contributed by atoms with Crippen molar-refractivity contribution in [3.8, 4) is 5.88 Å². The summed E-state index contributed by atoms with van der Waals surface area (Å²) in [5.74, 6) is -0.889. The molecule has 0 N–H and O–H groups in total. The number of rotatable bonds is 5. The van der Waals surface area contributed by atoms with Crippen molar-refractivity contribution in [1.82, 2.24) is 4.98 Å². The van der Waals surface area contributed by atoms with Crippen LogP contribution in [0.1, 0.15) is 12.6 Å². The summed E-state index contributed by atoms with van der Waals surface area (Å²) >= 11 is 0. The van der Waals surface area contributed by atoms with Crippen molar-refractivity contribution in [2.24, 2.45) is 0 Å². The van der Waals surface area contributed by atoms with Gasteiger partial charge in [-0.3, -0.25) is 4.21 Å². The van der Waals surface area contributed by atoms with Crippen LogP contribution < -0.4 is 4.74 Å². The molecule has 1 atom stereocenters. The molecule has 0 aliphatic rings. The minimum atomic E-state index is -1.70. The number of hydrogen-bond donors (Lipinski definition) is 0. The van der Waals surface area contributed by atoms with Crippen molar-refractivity contribution in [2.45, 2.75) is 17.6 Å². The van der Waals surface area contributed by atoms with E-state index in [4.69, 9.17) is 4.74 Å². The average Bonchev–Trinajstić information content (AvgIpc) is 2.42. The van der Waals surface area contributed by atoms with E-state index in [1.165, 1.54) is 0 Å². The number of aromatic nitrogens is 1. The van der Waals surface area contributed by atoms with E-state index in [1.807, 2.05) is 6.92 Å². The van der Waals surface area contributed by atoms with Gasteiger partial charge in [0.15, 0.2) is 0 Å². The molecule has 0 aliphatic carbocycles. The molecule has 2 aromatic rings. The van der Waals surface area contributed by atoms with Gasteiger partial charge in [0.25, 0.3) is 0 Å². The Labute approximate surface area is 118 Å². The van der Waals surface area contributed by atoms with Crippen molar-refractivity contribution >= 4 is 10.8 Å². The minimum absolute atomic E-state index is 0.00128. The van der Waals surface area contributed by atoms with Crippen molar-refractivity contribution in [3.63, 3.8) is 0 Å². The highest BCUT2D eigenvalue weighted by atomic mass is 32.2. The molecule has 0 aliphatic heterocycles. The highest BCUT2D eigenvalue weighted by Crippen LogP contribution is 2.18. The van der Waals surface area contributed by atoms with Crippen LogP contribution in [-0.2, 0) is 16.6 Å². The molecule has 2 rings (SSSR count). The third-order valence-electron chi connectivity index (χ3n) is 2.49. The molecule has 0 amide bonds. The third kappa shape index (κ3) is 3.60. The Morgan fingerprint density at radius 1 is 1.25 bits per heavy atom. The monoisotopic (exact) mass is 297 g/mol. The zero-order valence-electron chi connectivity index (χ0n) is 10.8. The zero-order chi connectivity index (χ0) is 14.5. The molecule has 0 saturated carbocycles. The van der Waals surface area contributed by atoms with Gasteiger partial charge in [-0.1, -0.05) is 6.07 Å². The number of nitrogens with zero attached hydrogens (tertiary/aromatic N) is 1. The zero-order valence-corrected chi connectivity index (χ0v) is 11.6. The van der Waals surface area contributed by atoms with Crippen LogP contribution in [0.4, 0.5) is 8.78 Å². The Bertz CT molecular complexity index is 634. The largest absolute Gasteiger partial charge is 0.478 e. The summed E-state index contributed by atoms with van der Waals surface area (Å²) in [5, 5.41) is 0. The van der Waals surface area contributed by atoms with Gasteiger partial charge in [-0.15, -0.1) is 0 Å². The standard InChI is InChI=1S/C14H13F2NO2S/c1-2-19-14-5-3-4-11(17-14)9-20(18)13-8-10(15)6-7-12(13)16/h3-8H,2,9H2,1H3. The summed E-state index contributed by atoms with van der Waals surface area (Å²) in [6, 6.07) is 7.96. The SMILES string of the molecule is CCOc1cccc(CS(=O)c2cc(F)ccc2F)n1. The molecule has 0 spiro atoms. The summed E-state index contributed by atoms with van der Waals surface area (Å²) in [4.78, 5) is 3.99. The van der Waals surface area contributed by atoms with Gasteiger partial charge < -0.3 is 4.74 Å². The fourth-order valence-corrected chi connectivity index (χ4v) is 2.74. The molecule has 3 nitrogen and oxygen atoms in total. The molecule has 6 heteroatoms. The fourth-order valence-electron chi connectivity index (χ4n) is 1.63. The average molecular weight is 297 g/mol. The highest BCUT2D eigenvalue weighted by Gasteiger charge is 2.13. The molecule has 0 radical (unpaired) electrons. The molecule has 1 heterocycles. The molecular formula is C14H13F2NO2S. The summed E-state index contributed by atoms with van der Waals surface area (Å²) in [6.07, 6.45) is 0. The van der Waals surface area contributed by atoms with Crippen LogP contribution in [0.25, 0.3) is 0 Å². The molecular weight excluding hydrogens is 284 g/mol. The first kappa shape index (κ1) is 14.6. The molecule has 1 aromatic carbocycles. The van der Waals surface area contributed by atoms with Gasteiger partial charge in [0.1, 0.15) is 11.6 Å². The first-order valence-electron chi connectivity index (χ1n) is 6.02. The van der Waals surface area contributed by atoms with Crippen LogP contribution in [0.2, 0.25) is 0 Å². The molecule has 20 heavy (non-hydrogen) atoms. The van der Waals surface area contributed by atoms with Gasteiger partial charge >= 0.3 is 0 Å². The van der Waals surface area contributed by atoms with E-state index in [0.29, 0.717) is 18.2 Å². The Morgan fingerprint density at radius 3 is 2.80 bits per heavy atom. The quantitative estimate of drug-likeness (QED) is 0.851. The highest BCUT2D eigenvalue weighted by molar-refractivity contribution is 7.84. The summed E-state index contributed by atoms with van der Waals surface area (Å²) in [7, 11) is -1.70. The Hall–Kier alpha value is -1.82. The van der Waals surface area contributed by atoms with E-state index in [9.17, 15) is 13.0 Å². The summed E-state index contributed by atoms with van der Waals surface area (Å²) in [6.45, 7) is 2.30. The molecule has 0 saturated heterocycles. The van der Waals surface area contributed by atoms with Gasteiger partial charge in [0, 0.05) is 6.07 Å². The van der Waals surface area contributed by atoms with E-state index >= 15 is 0 Å². The number of hydrogen-bond acceptors (Lipinski definition) is 3. The van der Waals surface area contributed by atoms with E-state index in [-0.39, 0.29) is 10.6 Å². The Kier molecular flexibility index (Phi) is 4.79. The Balaban J connectivity index is 2.19. The van der Waals surface area contributed by atoms with Crippen molar-refractivity contribution in [2.75, 3.05) is 6.61 Å². The van der Waals surface area contributed by atoms with Crippen LogP contribution in [0.3, 0.4) is 0 Å². The topological polar surface area (TPSA) is 39.2 Å². The van der Waals surface area contributed by atoms with Crippen LogP contribution in [0.5, 0.6) is 5.88 Å². The van der Waals surface area contributed by atoms with E-state index in [2.05, 4.69) is 4.98 Å². The first-order chi connectivity index (χ1) is 9.60. The fraction of sp³-hybridized carbons (Fsp3) is 0.214. The van der Waals surface area contributed by atoms with Gasteiger partial charge in [-0.05, 0) is 31.2 Å². The number of halogens is 2. The lowest BCUT2D eigenvalue weighted by molar-refractivity contribution is 0.326. The smallest absolute Gasteiger partial charge is 0.213 e. The Morgan fingerprint density at radius 2 is 2.05 bits per heavy atom. The first-order valence-corrected chi connectivity index (χ1v) is 7.34. The van der Waals surface area contributed by atoms with Crippen molar-refractivity contribution in [3.05, 3.63) is 53.7 Å². The maximum atomic E-state index is 13.5. The predicted octanol–water partition coefficient (Wildman–Crippen LogP) is 3.07. The number of pyridine rings is 1. The van der Waals surface area contributed by atoms with Crippen LogP contribution in [0.15, 0.2) is 41.3 Å². The molecule has 1 unspecified atom stereocenters. The van der Waals surface area contributed by atoms with Crippen LogP contribution >= 0.6 is 0 Å². The molecule has 1 aromatic heterocycles.